The van der Waals surface area contributed by atoms with Crippen molar-refractivity contribution in [1.82, 2.24) is 4.90 Å². The lowest BCUT2D eigenvalue weighted by atomic mass is 9.96. The summed E-state index contributed by atoms with van der Waals surface area (Å²) in [6.07, 6.45) is 1.38. The minimum Gasteiger partial charge on any atom is -0.495 e. The fourth-order valence-electron chi connectivity index (χ4n) is 2.45. The monoisotopic (exact) mass is 310 g/mol. The van der Waals surface area contributed by atoms with Gasteiger partial charge in [0.1, 0.15) is 5.75 Å². The number of halogens is 1. The summed E-state index contributed by atoms with van der Waals surface area (Å²) in [4.78, 5) is 25.3. The van der Waals surface area contributed by atoms with Crippen molar-refractivity contribution in [2.45, 2.75) is 19.8 Å². The number of carbonyl (C=O) groups excluding carboxylic acids is 2. The van der Waals surface area contributed by atoms with Gasteiger partial charge < -0.3 is 15.0 Å². The molecule has 1 aromatic rings. The lowest BCUT2D eigenvalue weighted by Crippen LogP contribution is -2.40. The molecule has 1 aromatic carbocycles. The topological polar surface area (TPSA) is 58.6 Å². The predicted molar refractivity (Wildman–Crippen MR) is 81.6 cm³/mol. The molecule has 5 nitrogen and oxygen atoms in total. The van der Waals surface area contributed by atoms with Crippen LogP contribution in [0.15, 0.2) is 18.2 Å². The lowest BCUT2D eigenvalue weighted by Gasteiger charge is -2.30. The summed E-state index contributed by atoms with van der Waals surface area (Å²) in [5, 5.41) is 3.33. The number of hydrogen-bond donors (Lipinski definition) is 1. The van der Waals surface area contributed by atoms with Gasteiger partial charge in [0.05, 0.1) is 12.1 Å². The fourth-order valence-corrected chi connectivity index (χ4v) is 2.70. The van der Waals surface area contributed by atoms with Crippen molar-refractivity contribution in [2.24, 2.45) is 5.92 Å². The van der Waals surface area contributed by atoms with Crippen LogP contribution in [0.2, 0.25) is 5.02 Å². The Morgan fingerprint density at radius 3 is 2.52 bits per heavy atom. The minimum atomic E-state index is -0.0681. The van der Waals surface area contributed by atoms with Gasteiger partial charge in [0.15, 0.2) is 0 Å². The number of nitrogens with one attached hydrogen (secondary N) is 1. The number of carbonyl (C=O) groups is 2. The molecule has 0 spiro atoms. The highest BCUT2D eigenvalue weighted by Gasteiger charge is 2.26. The predicted octanol–water partition coefficient (Wildman–Crippen LogP) is 2.55. The molecule has 1 aliphatic rings. The zero-order valence-corrected chi connectivity index (χ0v) is 12.9. The Balaban J connectivity index is 1.93. The maximum atomic E-state index is 12.2. The summed E-state index contributed by atoms with van der Waals surface area (Å²) in [7, 11) is 1.54. The van der Waals surface area contributed by atoms with Gasteiger partial charge in [0, 0.05) is 31.6 Å². The van der Waals surface area contributed by atoms with Gasteiger partial charge in [0.25, 0.3) is 0 Å². The first kappa shape index (κ1) is 15.6. The number of piperidine rings is 1. The number of likely N-dealkylation sites (tertiary alicyclic amines) is 1. The molecular weight excluding hydrogens is 292 g/mol. The Morgan fingerprint density at radius 2 is 2.00 bits per heavy atom. The molecule has 114 valence electrons. The summed E-state index contributed by atoms with van der Waals surface area (Å²) < 4.78 is 5.07. The summed E-state index contributed by atoms with van der Waals surface area (Å²) in [6, 6.07) is 5.15. The van der Waals surface area contributed by atoms with Gasteiger partial charge in [-0.1, -0.05) is 11.6 Å². The molecule has 1 aliphatic heterocycles. The number of anilines is 1. The van der Waals surface area contributed by atoms with E-state index in [9.17, 15) is 9.59 Å². The average Bonchev–Trinajstić information content (AvgIpc) is 2.47. The highest BCUT2D eigenvalue weighted by Crippen LogP contribution is 2.28. The summed E-state index contributed by atoms with van der Waals surface area (Å²) in [5.41, 5.74) is 0.653. The Labute approximate surface area is 129 Å². The average molecular weight is 311 g/mol. The van der Waals surface area contributed by atoms with Crippen molar-refractivity contribution in [2.75, 3.05) is 25.5 Å². The van der Waals surface area contributed by atoms with E-state index in [4.69, 9.17) is 16.3 Å². The second-order valence-corrected chi connectivity index (χ2v) is 5.53. The normalized spacial score (nSPS) is 15.7. The van der Waals surface area contributed by atoms with Gasteiger partial charge in [-0.25, -0.2) is 0 Å². The molecule has 1 N–H and O–H groups in total. The van der Waals surface area contributed by atoms with Crippen molar-refractivity contribution < 1.29 is 14.3 Å². The van der Waals surface area contributed by atoms with Gasteiger partial charge in [-0.3, -0.25) is 9.59 Å². The van der Waals surface area contributed by atoms with Crippen LogP contribution < -0.4 is 10.1 Å². The van der Waals surface area contributed by atoms with Crippen LogP contribution >= 0.6 is 11.6 Å². The van der Waals surface area contributed by atoms with Crippen molar-refractivity contribution in [3.63, 3.8) is 0 Å². The maximum Gasteiger partial charge on any atom is 0.227 e. The number of nitrogens with zero attached hydrogens (tertiary/aromatic N) is 1. The maximum absolute atomic E-state index is 12.2. The Kier molecular flexibility index (Phi) is 5.07. The molecule has 1 saturated heterocycles. The number of rotatable bonds is 3. The van der Waals surface area contributed by atoms with E-state index in [1.165, 1.54) is 0 Å². The molecule has 0 bridgehead atoms. The first-order chi connectivity index (χ1) is 10.0. The third-order valence-electron chi connectivity index (χ3n) is 3.73. The first-order valence-corrected chi connectivity index (χ1v) is 7.29. The molecular formula is C15H19ClN2O3. The van der Waals surface area contributed by atoms with Crippen LogP contribution in [-0.2, 0) is 9.59 Å². The highest BCUT2D eigenvalue weighted by atomic mass is 35.5. The van der Waals surface area contributed by atoms with Gasteiger partial charge in [-0.05, 0) is 31.0 Å². The van der Waals surface area contributed by atoms with E-state index in [0.717, 1.165) is 0 Å². The molecule has 0 aliphatic carbocycles. The highest BCUT2D eigenvalue weighted by molar-refractivity contribution is 6.32. The van der Waals surface area contributed by atoms with Crippen LogP contribution in [-0.4, -0.2) is 36.9 Å². The molecule has 1 fully saturated rings. The van der Waals surface area contributed by atoms with Crippen LogP contribution in [0, 0.1) is 5.92 Å². The largest absolute Gasteiger partial charge is 0.495 e. The minimum absolute atomic E-state index is 0.0283. The molecule has 0 atom stereocenters. The quantitative estimate of drug-likeness (QED) is 0.933. The van der Waals surface area contributed by atoms with E-state index in [1.807, 2.05) is 0 Å². The van der Waals surface area contributed by atoms with E-state index < -0.39 is 0 Å². The molecule has 0 unspecified atom stereocenters. The molecule has 0 aromatic heterocycles. The van der Waals surface area contributed by atoms with Crippen molar-refractivity contribution in [3.8, 4) is 5.75 Å². The van der Waals surface area contributed by atoms with E-state index in [-0.39, 0.29) is 17.7 Å². The Hall–Kier alpha value is -1.75. The SMILES string of the molecule is COc1ccc(NC(=O)C2CCN(C(C)=O)CC2)cc1Cl. The molecule has 21 heavy (non-hydrogen) atoms. The van der Waals surface area contributed by atoms with Gasteiger partial charge >= 0.3 is 0 Å². The third-order valence-corrected chi connectivity index (χ3v) is 4.03. The number of hydrogen-bond acceptors (Lipinski definition) is 3. The molecule has 2 rings (SSSR count). The summed E-state index contributed by atoms with van der Waals surface area (Å²) in [5.74, 6) is 0.543. The number of benzene rings is 1. The second-order valence-electron chi connectivity index (χ2n) is 5.12. The third kappa shape index (κ3) is 3.88. The van der Waals surface area contributed by atoms with Gasteiger partial charge in [0.2, 0.25) is 11.8 Å². The zero-order chi connectivity index (χ0) is 15.4. The van der Waals surface area contributed by atoms with E-state index in [0.29, 0.717) is 42.4 Å². The smallest absolute Gasteiger partial charge is 0.227 e. The van der Waals surface area contributed by atoms with E-state index >= 15 is 0 Å². The van der Waals surface area contributed by atoms with Crippen LogP contribution in [0.3, 0.4) is 0 Å². The van der Waals surface area contributed by atoms with Crippen LogP contribution in [0.5, 0.6) is 5.75 Å². The lowest BCUT2D eigenvalue weighted by molar-refractivity contribution is -0.132. The van der Waals surface area contributed by atoms with Crippen LogP contribution in [0.4, 0.5) is 5.69 Å². The standard InChI is InChI=1S/C15H19ClN2O3/c1-10(19)18-7-5-11(6-8-18)15(20)17-12-3-4-14(21-2)13(16)9-12/h3-4,9,11H,5-8H2,1-2H3,(H,17,20). The molecule has 6 heteroatoms. The molecule has 2 amide bonds. The number of amides is 2. The van der Waals surface area contributed by atoms with Crippen molar-refractivity contribution in [1.29, 1.82) is 0 Å². The fraction of sp³-hybridized carbons (Fsp3) is 0.467. The molecule has 0 radical (unpaired) electrons. The molecule has 1 heterocycles. The zero-order valence-electron chi connectivity index (χ0n) is 12.2. The van der Waals surface area contributed by atoms with Crippen LogP contribution in [0.25, 0.3) is 0 Å². The second kappa shape index (κ2) is 6.80. The summed E-state index contributed by atoms with van der Waals surface area (Å²) in [6.45, 7) is 2.83. The summed E-state index contributed by atoms with van der Waals surface area (Å²) >= 11 is 6.03. The van der Waals surface area contributed by atoms with Crippen molar-refractivity contribution >= 4 is 29.1 Å². The van der Waals surface area contributed by atoms with Crippen molar-refractivity contribution in [3.05, 3.63) is 23.2 Å². The van der Waals surface area contributed by atoms with Crippen LogP contribution in [0.1, 0.15) is 19.8 Å². The van der Waals surface area contributed by atoms with Gasteiger partial charge in [-0.2, -0.15) is 0 Å². The number of methoxy groups -OCH3 is 1. The van der Waals surface area contributed by atoms with Gasteiger partial charge in [-0.15, -0.1) is 0 Å². The van der Waals surface area contributed by atoms with E-state index in [1.54, 1.807) is 37.1 Å². The Morgan fingerprint density at radius 1 is 1.33 bits per heavy atom. The molecule has 0 saturated carbocycles. The first-order valence-electron chi connectivity index (χ1n) is 6.91. The number of ether oxygens (including phenoxy) is 1. The van der Waals surface area contributed by atoms with E-state index in [2.05, 4.69) is 5.32 Å². The Bertz CT molecular complexity index is 540.